The topological polar surface area (TPSA) is 43.9 Å². The molecule has 0 aromatic heterocycles. The lowest BCUT2D eigenvalue weighted by atomic mass is 9.77. The first-order valence-electron chi connectivity index (χ1n) is 11.9. The largest absolute Gasteiger partial charge is 0.435 e. The second kappa shape index (κ2) is 8.85. The van der Waals surface area contributed by atoms with Gasteiger partial charge in [-0.05, 0) is 30.4 Å². The molecule has 36 heavy (non-hydrogen) atoms. The molecule has 1 unspecified atom stereocenters. The van der Waals surface area contributed by atoms with Crippen LogP contribution in [0.5, 0.6) is 0 Å². The second-order valence-electron chi connectivity index (χ2n) is 9.99. The van der Waals surface area contributed by atoms with Crippen LogP contribution in [0.4, 0.5) is 35.5 Å². The zero-order chi connectivity index (χ0) is 26.0. The third kappa shape index (κ3) is 4.10. The molecule has 1 aromatic carbocycles. The monoisotopic (exact) mass is 541 g/mol. The van der Waals surface area contributed by atoms with E-state index in [2.05, 4.69) is 4.90 Å². The number of halogens is 7. The number of alkyl halides is 7. The number of likely N-dealkylation sites (tertiary alicyclic amines) is 2. The van der Waals surface area contributed by atoms with Crippen LogP contribution in [0.1, 0.15) is 35.4 Å². The Morgan fingerprint density at radius 1 is 0.917 bits per heavy atom. The Morgan fingerprint density at radius 2 is 1.56 bits per heavy atom. The Hall–Kier alpha value is -1.89. The van der Waals surface area contributed by atoms with Crippen molar-refractivity contribution in [3.63, 3.8) is 0 Å². The number of hydrogen-bond donors (Lipinski definition) is 0. The fourth-order valence-corrected chi connectivity index (χ4v) is 7.12. The van der Waals surface area contributed by atoms with Gasteiger partial charge in [0.1, 0.15) is 0 Å². The van der Waals surface area contributed by atoms with Crippen LogP contribution in [0.3, 0.4) is 0 Å². The van der Waals surface area contributed by atoms with Crippen LogP contribution < -0.4 is 0 Å². The molecule has 13 heteroatoms. The maximum atomic E-state index is 14.5. The molecule has 5 rings (SSSR count). The lowest BCUT2D eigenvalue weighted by molar-refractivity contribution is -0.348. The molecule has 2 atom stereocenters. The Morgan fingerprint density at radius 3 is 2.17 bits per heavy atom. The van der Waals surface area contributed by atoms with Gasteiger partial charge in [0.05, 0.1) is 0 Å². The molecule has 3 heterocycles. The van der Waals surface area contributed by atoms with Gasteiger partial charge in [-0.2, -0.15) is 26.3 Å². The molecule has 3 saturated heterocycles. The molecule has 0 N–H and O–H groups in total. The molecule has 4 aliphatic rings. The molecule has 3 fully saturated rings. The summed E-state index contributed by atoms with van der Waals surface area (Å²) >= 11 is 0. The number of amides is 2. The van der Waals surface area contributed by atoms with E-state index in [4.69, 9.17) is 0 Å². The van der Waals surface area contributed by atoms with E-state index < -0.39 is 34.4 Å². The van der Waals surface area contributed by atoms with Gasteiger partial charge in [0.15, 0.2) is 0 Å². The number of aryl methyl sites for hydroxylation is 1. The van der Waals surface area contributed by atoms with Crippen molar-refractivity contribution >= 4 is 16.8 Å². The lowest BCUT2D eigenvalue weighted by Crippen LogP contribution is -2.65. The third-order valence-corrected chi connectivity index (χ3v) is 9.36. The molecule has 1 aromatic rings. The first-order chi connectivity index (χ1) is 16.8. The number of fused-ring (bicyclic) bond motifs is 3. The summed E-state index contributed by atoms with van der Waals surface area (Å²) in [4.78, 5) is 18.9. The molecule has 5 nitrogen and oxygen atoms in total. The Balaban J connectivity index is 1.28. The summed E-state index contributed by atoms with van der Waals surface area (Å²) in [6, 6.07) is 2.37. The number of hydrogen-bond acceptors (Lipinski definition) is 3. The van der Waals surface area contributed by atoms with Gasteiger partial charge in [0, 0.05) is 78.6 Å². The average Bonchev–Trinajstić information content (AvgIpc) is 3.21. The van der Waals surface area contributed by atoms with E-state index in [1.165, 1.54) is 6.07 Å². The molecule has 0 spiro atoms. The highest BCUT2D eigenvalue weighted by Gasteiger charge is 2.73. The molecular formula is C23H26F7N3O2S. The van der Waals surface area contributed by atoms with Crippen molar-refractivity contribution in [1.29, 1.82) is 0 Å². The summed E-state index contributed by atoms with van der Waals surface area (Å²) in [7, 11) is -0.776. The van der Waals surface area contributed by atoms with E-state index in [9.17, 15) is 39.7 Å². The first kappa shape index (κ1) is 25.7. The van der Waals surface area contributed by atoms with E-state index in [1.54, 1.807) is 9.80 Å². The predicted molar refractivity (Wildman–Crippen MR) is 118 cm³/mol. The van der Waals surface area contributed by atoms with Gasteiger partial charge < -0.3 is 9.80 Å². The van der Waals surface area contributed by atoms with Gasteiger partial charge in [-0.1, -0.05) is 18.2 Å². The Bertz CT molecular complexity index is 1030. The van der Waals surface area contributed by atoms with E-state index in [0.29, 0.717) is 61.7 Å². The summed E-state index contributed by atoms with van der Waals surface area (Å²) in [6.45, 7) is 3.08. The van der Waals surface area contributed by atoms with E-state index in [0.717, 1.165) is 13.1 Å². The van der Waals surface area contributed by atoms with E-state index in [-0.39, 0.29) is 36.0 Å². The maximum Gasteiger partial charge on any atom is 0.435 e. The van der Waals surface area contributed by atoms with E-state index >= 15 is 0 Å². The standard InChI is InChI=1S/C23H26F7N3O2S/c24-21(22(25,26)27,23(28,29)30)15-2-3-17-14(11-15)1-4-19-18(17)5-6-33(19)20(34)32-12-16(13-32)31-7-9-36(35)10-8-31/h2-3,11,16,18-19H,1,4-10,12-13H2/t18-,19?/m0/s1. The maximum absolute atomic E-state index is 14.5. The van der Waals surface area contributed by atoms with Crippen LogP contribution in [0.2, 0.25) is 0 Å². The van der Waals surface area contributed by atoms with Crippen LogP contribution in [0, 0.1) is 0 Å². The molecule has 0 saturated carbocycles. The highest BCUT2D eigenvalue weighted by molar-refractivity contribution is 7.85. The van der Waals surface area contributed by atoms with Crippen LogP contribution in [-0.4, -0.2) is 93.6 Å². The molecule has 1 aliphatic carbocycles. The first-order valence-corrected chi connectivity index (χ1v) is 13.4. The van der Waals surface area contributed by atoms with Crippen LogP contribution in [-0.2, 0) is 22.9 Å². The quantitative estimate of drug-likeness (QED) is 0.533. The third-order valence-electron chi connectivity index (χ3n) is 8.08. The summed E-state index contributed by atoms with van der Waals surface area (Å²) in [5.41, 5.74) is -6.05. The number of nitrogens with zero attached hydrogens (tertiary/aromatic N) is 3. The van der Waals surface area contributed by atoms with Gasteiger partial charge in [-0.3, -0.25) is 9.11 Å². The predicted octanol–water partition coefficient (Wildman–Crippen LogP) is 3.95. The van der Waals surface area contributed by atoms with Crippen molar-refractivity contribution in [2.45, 2.75) is 55.3 Å². The van der Waals surface area contributed by atoms with Crippen LogP contribution in [0.15, 0.2) is 18.2 Å². The van der Waals surface area contributed by atoms with Gasteiger partial charge in [-0.25, -0.2) is 9.18 Å². The van der Waals surface area contributed by atoms with Gasteiger partial charge in [0.2, 0.25) is 0 Å². The molecule has 2 amide bonds. The highest BCUT2D eigenvalue weighted by Crippen LogP contribution is 2.54. The average molecular weight is 542 g/mol. The Labute approximate surface area is 206 Å². The molecule has 0 radical (unpaired) electrons. The second-order valence-corrected chi connectivity index (χ2v) is 11.7. The molecular weight excluding hydrogens is 515 g/mol. The van der Waals surface area contributed by atoms with Gasteiger partial charge in [0.25, 0.3) is 0 Å². The number of carbonyl (C=O) groups excluding carboxylic acids is 1. The van der Waals surface area contributed by atoms with Crippen molar-refractivity contribution in [2.24, 2.45) is 0 Å². The zero-order valence-electron chi connectivity index (χ0n) is 19.2. The van der Waals surface area contributed by atoms with Crippen LogP contribution >= 0.6 is 0 Å². The van der Waals surface area contributed by atoms with E-state index in [1.807, 2.05) is 0 Å². The molecule has 0 bridgehead atoms. The zero-order valence-corrected chi connectivity index (χ0v) is 20.1. The van der Waals surface area contributed by atoms with Crippen molar-refractivity contribution in [3.8, 4) is 0 Å². The fourth-order valence-electron chi connectivity index (χ4n) is 6.04. The van der Waals surface area contributed by atoms with Crippen molar-refractivity contribution < 1.29 is 39.7 Å². The van der Waals surface area contributed by atoms with Crippen LogP contribution in [0.25, 0.3) is 0 Å². The van der Waals surface area contributed by atoms with Gasteiger partial charge >= 0.3 is 24.1 Å². The summed E-state index contributed by atoms with van der Waals surface area (Å²) in [6.07, 6.45) is -11.2. The minimum absolute atomic E-state index is 0.115. The minimum Gasteiger partial charge on any atom is -0.321 e. The molecule has 200 valence electrons. The number of rotatable bonds is 2. The lowest BCUT2D eigenvalue weighted by Gasteiger charge is -2.48. The number of benzene rings is 1. The molecule has 3 aliphatic heterocycles. The highest BCUT2D eigenvalue weighted by atomic mass is 32.2. The van der Waals surface area contributed by atoms with Crippen molar-refractivity contribution in [1.82, 2.24) is 14.7 Å². The minimum atomic E-state index is -6.15. The summed E-state index contributed by atoms with van der Waals surface area (Å²) in [5.74, 6) is 1.06. The van der Waals surface area contributed by atoms with Gasteiger partial charge in [-0.15, -0.1) is 0 Å². The SMILES string of the molecule is O=C(N1CC(N2CCS(=O)CC2)C1)N1CC[C@H]2c3ccc(C(F)(C(F)(F)F)C(F)(F)F)cc3CCC21. The number of urea groups is 1. The summed E-state index contributed by atoms with van der Waals surface area (Å²) in [5, 5.41) is 0. The Kier molecular flexibility index (Phi) is 6.33. The van der Waals surface area contributed by atoms with Crippen molar-refractivity contribution in [2.75, 3.05) is 44.2 Å². The van der Waals surface area contributed by atoms with Crippen molar-refractivity contribution in [3.05, 3.63) is 34.9 Å². The number of carbonyl (C=O) groups is 1. The smallest absolute Gasteiger partial charge is 0.321 e. The normalized spacial score (nSPS) is 26.5. The fraction of sp³-hybridized carbons (Fsp3) is 0.696. The summed E-state index contributed by atoms with van der Waals surface area (Å²) < 4.78 is 105.